The third kappa shape index (κ3) is 5.61. The Morgan fingerprint density at radius 3 is 2.57 bits per heavy atom. The van der Waals surface area contributed by atoms with Gasteiger partial charge in [0.2, 0.25) is 0 Å². The number of hydrogen-bond acceptors (Lipinski definition) is 9. The van der Waals surface area contributed by atoms with Crippen LogP contribution in [0.5, 0.6) is 6.01 Å². The first-order valence-electron chi connectivity index (χ1n) is 12.3. The minimum Gasteiger partial charge on any atom is -0.467 e. The second-order valence-electron chi connectivity index (χ2n) is 9.24. The molecule has 1 aliphatic heterocycles. The topological polar surface area (TPSA) is 136 Å². The molecule has 1 saturated heterocycles. The lowest BCUT2D eigenvalue weighted by Crippen LogP contribution is -2.39. The number of H-pyrrole nitrogens is 1. The number of pyridine rings is 2. The van der Waals surface area contributed by atoms with Crippen LogP contribution < -0.4 is 15.6 Å². The first-order chi connectivity index (χ1) is 18.0. The molecule has 0 aliphatic carbocycles. The number of rotatable bonds is 8. The summed E-state index contributed by atoms with van der Waals surface area (Å²) in [6.07, 6.45) is 6.21. The molecule has 1 unspecified atom stereocenters. The zero-order valence-electron chi connectivity index (χ0n) is 20.6. The van der Waals surface area contributed by atoms with E-state index in [2.05, 4.69) is 37.3 Å². The number of nitrogens with one attached hydrogen (secondary N) is 2. The zero-order chi connectivity index (χ0) is 25.8. The van der Waals surface area contributed by atoms with Crippen LogP contribution in [0.1, 0.15) is 24.3 Å². The lowest BCUT2D eigenvalue weighted by Gasteiger charge is -2.33. The number of piperidine rings is 1. The molecule has 4 aromatic rings. The van der Waals surface area contributed by atoms with Crippen molar-refractivity contribution in [1.82, 2.24) is 24.8 Å². The normalized spacial score (nSPS) is 15.5. The van der Waals surface area contributed by atoms with Gasteiger partial charge in [0.05, 0.1) is 30.9 Å². The summed E-state index contributed by atoms with van der Waals surface area (Å²) in [6.45, 7) is 2.08. The van der Waals surface area contributed by atoms with Crippen LogP contribution in [0.3, 0.4) is 0 Å². The number of likely N-dealkylation sites (tertiary alicyclic amines) is 1. The van der Waals surface area contributed by atoms with Crippen molar-refractivity contribution in [3.8, 4) is 17.3 Å². The number of nitrogens with zero attached hydrogens (tertiary/aromatic N) is 4. The largest absolute Gasteiger partial charge is 0.467 e. The summed E-state index contributed by atoms with van der Waals surface area (Å²) in [5, 5.41) is 23.3. The lowest BCUT2D eigenvalue weighted by molar-refractivity contribution is 0.0513. The van der Waals surface area contributed by atoms with Crippen LogP contribution in [-0.2, 0) is 0 Å². The summed E-state index contributed by atoms with van der Waals surface area (Å²) in [5.74, 6) is 0.894. The highest BCUT2D eigenvalue weighted by molar-refractivity contribution is 5.95. The number of aromatic nitrogens is 4. The molecule has 0 spiro atoms. The van der Waals surface area contributed by atoms with E-state index < -0.39 is 6.10 Å². The maximum atomic E-state index is 12.7. The van der Waals surface area contributed by atoms with Crippen molar-refractivity contribution in [2.24, 2.45) is 0 Å². The average molecular weight is 503 g/mol. The van der Waals surface area contributed by atoms with E-state index in [1.165, 1.54) is 12.7 Å². The summed E-state index contributed by atoms with van der Waals surface area (Å²) in [7, 11) is 1.51. The molecule has 1 atom stereocenters. The molecule has 4 N–H and O–H groups in total. The van der Waals surface area contributed by atoms with E-state index in [4.69, 9.17) is 14.8 Å². The van der Waals surface area contributed by atoms with Crippen LogP contribution in [0.2, 0.25) is 0 Å². The Hall–Kier alpha value is -3.86. The van der Waals surface area contributed by atoms with E-state index in [9.17, 15) is 9.90 Å². The summed E-state index contributed by atoms with van der Waals surface area (Å²) in [6, 6.07) is 12.2. The fourth-order valence-corrected chi connectivity index (χ4v) is 4.79. The van der Waals surface area contributed by atoms with Gasteiger partial charge in [-0.05, 0) is 67.1 Å². The number of methoxy groups -OCH3 is 1. The van der Waals surface area contributed by atoms with Crippen molar-refractivity contribution in [3.63, 3.8) is 0 Å². The average Bonchev–Trinajstić information content (AvgIpc) is 2.94. The molecule has 0 saturated carbocycles. The molecule has 1 aliphatic rings. The van der Waals surface area contributed by atoms with Crippen molar-refractivity contribution >= 4 is 22.3 Å². The highest BCUT2D eigenvalue weighted by Gasteiger charge is 2.22. The van der Waals surface area contributed by atoms with E-state index in [-0.39, 0.29) is 18.2 Å². The summed E-state index contributed by atoms with van der Waals surface area (Å²) in [4.78, 5) is 30.7. The SMILES string of the molecule is COc1ncc(-c2cc3cc[nH]c(=O)c3c(Nc3ccc(C4CCN(CC(O)CO)CC4)cc3)n2)cn1. The molecule has 37 heavy (non-hydrogen) atoms. The zero-order valence-corrected chi connectivity index (χ0v) is 20.6. The second-order valence-corrected chi connectivity index (χ2v) is 9.24. The van der Waals surface area contributed by atoms with Gasteiger partial charge in [0.1, 0.15) is 5.82 Å². The van der Waals surface area contributed by atoms with Crippen molar-refractivity contribution in [2.75, 3.05) is 38.7 Å². The molecular weight excluding hydrogens is 472 g/mol. The Kier molecular flexibility index (Phi) is 7.40. The molecule has 4 heterocycles. The predicted octanol–water partition coefficient (Wildman–Crippen LogP) is 2.66. The van der Waals surface area contributed by atoms with Gasteiger partial charge in [-0.3, -0.25) is 4.79 Å². The highest BCUT2D eigenvalue weighted by atomic mass is 16.5. The fourth-order valence-electron chi connectivity index (χ4n) is 4.79. The van der Waals surface area contributed by atoms with Crippen LogP contribution in [-0.4, -0.2) is 74.5 Å². The van der Waals surface area contributed by atoms with Crippen LogP contribution in [0.15, 0.2) is 59.8 Å². The number of anilines is 2. The fraction of sp³-hybridized carbons (Fsp3) is 0.333. The summed E-state index contributed by atoms with van der Waals surface area (Å²) >= 11 is 0. The summed E-state index contributed by atoms with van der Waals surface area (Å²) < 4.78 is 5.05. The number of ether oxygens (including phenoxy) is 1. The lowest BCUT2D eigenvalue weighted by atomic mass is 9.89. The van der Waals surface area contributed by atoms with E-state index in [0.29, 0.717) is 34.9 Å². The van der Waals surface area contributed by atoms with Gasteiger partial charge in [-0.1, -0.05) is 12.1 Å². The van der Waals surface area contributed by atoms with Gasteiger partial charge in [0, 0.05) is 36.4 Å². The molecule has 192 valence electrons. The third-order valence-corrected chi connectivity index (χ3v) is 6.77. The highest BCUT2D eigenvalue weighted by Crippen LogP contribution is 2.31. The Morgan fingerprint density at radius 1 is 1.16 bits per heavy atom. The van der Waals surface area contributed by atoms with Crippen molar-refractivity contribution in [3.05, 3.63) is 70.9 Å². The minimum absolute atomic E-state index is 0.207. The van der Waals surface area contributed by atoms with Gasteiger partial charge in [-0.25, -0.2) is 15.0 Å². The van der Waals surface area contributed by atoms with Crippen LogP contribution in [0.4, 0.5) is 11.5 Å². The third-order valence-electron chi connectivity index (χ3n) is 6.77. The number of aliphatic hydroxyl groups excluding tert-OH is 2. The van der Waals surface area contributed by atoms with Gasteiger partial charge in [0.25, 0.3) is 5.56 Å². The number of hydrogen-bond donors (Lipinski definition) is 4. The van der Waals surface area contributed by atoms with Gasteiger partial charge in [-0.2, -0.15) is 0 Å². The number of benzene rings is 1. The van der Waals surface area contributed by atoms with Crippen LogP contribution >= 0.6 is 0 Å². The maximum Gasteiger partial charge on any atom is 0.316 e. The number of fused-ring (bicyclic) bond motifs is 1. The van der Waals surface area contributed by atoms with E-state index in [1.54, 1.807) is 18.6 Å². The molecule has 10 nitrogen and oxygen atoms in total. The van der Waals surface area contributed by atoms with Crippen molar-refractivity contribution in [1.29, 1.82) is 0 Å². The molecule has 3 aromatic heterocycles. The first kappa shape index (κ1) is 24.8. The molecule has 5 rings (SSSR count). The van der Waals surface area contributed by atoms with Gasteiger partial charge >= 0.3 is 6.01 Å². The van der Waals surface area contributed by atoms with Gasteiger partial charge in [-0.15, -0.1) is 0 Å². The second kappa shape index (κ2) is 11.0. The van der Waals surface area contributed by atoms with Crippen molar-refractivity contribution in [2.45, 2.75) is 24.9 Å². The molecule has 0 bridgehead atoms. The standard InChI is InChI=1S/C27H30N6O4/c1-37-27-29-13-20(14-30-27)23-12-19-6-9-28-26(36)24(19)25(32-23)31-21-4-2-17(3-5-21)18-7-10-33(11-8-18)15-22(35)16-34/h2-6,9,12-14,18,22,34-35H,7-8,10-11,15-16H2,1H3,(H,28,36)(H,31,32). The number of β-amino-alcohol motifs (C(OH)–C–C–N with tert-alkyl or cyclic N) is 1. The smallest absolute Gasteiger partial charge is 0.316 e. The minimum atomic E-state index is -0.686. The van der Waals surface area contributed by atoms with Crippen LogP contribution in [0.25, 0.3) is 22.0 Å². The Morgan fingerprint density at radius 2 is 1.89 bits per heavy atom. The Labute approximate surface area is 214 Å². The van der Waals surface area contributed by atoms with Crippen molar-refractivity contribution < 1.29 is 14.9 Å². The number of aliphatic hydroxyl groups is 2. The molecule has 0 amide bonds. The first-order valence-corrected chi connectivity index (χ1v) is 12.3. The van der Waals surface area contributed by atoms with E-state index in [1.807, 2.05) is 24.3 Å². The monoisotopic (exact) mass is 502 g/mol. The molecular formula is C27H30N6O4. The summed E-state index contributed by atoms with van der Waals surface area (Å²) in [5.41, 5.74) is 3.21. The predicted molar refractivity (Wildman–Crippen MR) is 141 cm³/mol. The Bertz CT molecular complexity index is 1400. The molecule has 0 radical (unpaired) electrons. The Balaban J connectivity index is 1.36. The number of aromatic amines is 1. The van der Waals surface area contributed by atoms with Gasteiger partial charge in [0.15, 0.2) is 0 Å². The van der Waals surface area contributed by atoms with Gasteiger partial charge < -0.3 is 30.2 Å². The molecule has 1 fully saturated rings. The van der Waals surface area contributed by atoms with Crippen LogP contribution in [0, 0.1) is 0 Å². The maximum absolute atomic E-state index is 12.7. The van der Waals surface area contributed by atoms with E-state index in [0.717, 1.165) is 37.0 Å². The molecule has 10 heteroatoms. The quantitative estimate of drug-likeness (QED) is 0.287. The molecule has 1 aromatic carbocycles. The van der Waals surface area contributed by atoms with E-state index >= 15 is 0 Å².